The Hall–Kier alpha value is -0.920. The molecule has 0 aliphatic carbocycles. The molecule has 2 heterocycles. The van der Waals surface area contributed by atoms with E-state index in [9.17, 15) is 4.79 Å². The Morgan fingerprint density at radius 3 is 2.94 bits per heavy atom. The molecule has 0 saturated carbocycles. The molecule has 5 nitrogen and oxygen atoms in total. The van der Waals surface area contributed by atoms with Crippen LogP contribution in [0, 0.1) is 0 Å². The predicted molar refractivity (Wildman–Crippen MR) is 68.8 cm³/mol. The maximum Gasteiger partial charge on any atom is 0.289 e. The molecule has 0 radical (unpaired) electrons. The third-order valence-electron chi connectivity index (χ3n) is 2.45. The molecular formula is C10H11BrN2O3S. The van der Waals surface area contributed by atoms with Crippen molar-refractivity contribution in [1.29, 1.82) is 0 Å². The van der Waals surface area contributed by atoms with Gasteiger partial charge in [-0.25, -0.2) is 0 Å². The molecule has 1 saturated heterocycles. The fraction of sp³-hybridized carbons (Fsp3) is 0.400. The van der Waals surface area contributed by atoms with Crippen LogP contribution in [-0.4, -0.2) is 41.6 Å². The van der Waals surface area contributed by atoms with E-state index in [0.29, 0.717) is 30.1 Å². The zero-order valence-electron chi connectivity index (χ0n) is 8.89. The van der Waals surface area contributed by atoms with Crippen molar-refractivity contribution in [3.63, 3.8) is 0 Å². The van der Waals surface area contributed by atoms with Crippen LogP contribution in [0.5, 0.6) is 0 Å². The summed E-state index contributed by atoms with van der Waals surface area (Å²) in [6.07, 6.45) is -0.374. The number of nitrogens with two attached hydrogens (primary N) is 1. The number of rotatable bonds is 2. The number of morpholine rings is 1. The third-order valence-corrected chi connectivity index (χ3v) is 3.14. The zero-order chi connectivity index (χ0) is 12.4. The van der Waals surface area contributed by atoms with Gasteiger partial charge in [0.05, 0.1) is 13.2 Å². The number of thiocarbonyl (C=S) groups is 1. The van der Waals surface area contributed by atoms with Crippen LogP contribution < -0.4 is 5.73 Å². The summed E-state index contributed by atoms with van der Waals surface area (Å²) in [5, 5.41) is 0. The molecule has 0 bridgehead atoms. The minimum Gasteiger partial charge on any atom is -0.444 e. The standard InChI is InChI=1S/C10H11BrN2O3S/c11-8-2-1-6(16-8)10(14)13-3-4-15-7(5-13)9(12)17/h1-2,7H,3-5H2,(H2,12,17). The first kappa shape index (κ1) is 12.5. The fourth-order valence-electron chi connectivity index (χ4n) is 1.59. The number of nitrogens with zero attached hydrogens (tertiary/aromatic N) is 1. The van der Waals surface area contributed by atoms with E-state index < -0.39 is 0 Å². The Bertz CT molecular complexity index is 449. The largest absolute Gasteiger partial charge is 0.444 e. The molecule has 1 aromatic heterocycles. The van der Waals surface area contributed by atoms with E-state index in [-0.39, 0.29) is 17.0 Å². The van der Waals surface area contributed by atoms with Gasteiger partial charge in [0.2, 0.25) is 0 Å². The van der Waals surface area contributed by atoms with Crippen LogP contribution in [-0.2, 0) is 4.74 Å². The number of hydrogen-bond donors (Lipinski definition) is 1. The van der Waals surface area contributed by atoms with Gasteiger partial charge in [0, 0.05) is 6.54 Å². The van der Waals surface area contributed by atoms with Crippen LogP contribution in [0.3, 0.4) is 0 Å². The summed E-state index contributed by atoms with van der Waals surface area (Å²) in [5.74, 6) is 0.112. The molecule has 2 rings (SSSR count). The van der Waals surface area contributed by atoms with Gasteiger partial charge in [-0.1, -0.05) is 12.2 Å². The molecule has 0 aromatic carbocycles. The van der Waals surface area contributed by atoms with E-state index >= 15 is 0 Å². The predicted octanol–water partition coefficient (Wildman–Crippen LogP) is 1.17. The van der Waals surface area contributed by atoms with Gasteiger partial charge in [-0.05, 0) is 28.1 Å². The molecule has 1 amide bonds. The van der Waals surface area contributed by atoms with E-state index in [2.05, 4.69) is 15.9 Å². The Balaban J connectivity index is 2.07. The van der Waals surface area contributed by atoms with Crippen LogP contribution >= 0.6 is 28.1 Å². The van der Waals surface area contributed by atoms with Gasteiger partial charge in [-0.15, -0.1) is 0 Å². The fourth-order valence-corrected chi connectivity index (χ4v) is 2.04. The summed E-state index contributed by atoms with van der Waals surface area (Å²) in [5.41, 5.74) is 5.51. The van der Waals surface area contributed by atoms with E-state index in [4.69, 9.17) is 27.1 Å². The van der Waals surface area contributed by atoms with Gasteiger partial charge in [-0.3, -0.25) is 4.79 Å². The first-order valence-electron chi connectivity index (χ1n) is 5.03. The zero-order valence-corrected chi connectivity index (χ0v) is 11.3. The molecule has 1 aliphatic heterocycles. The van der Waals surface area contributed by atoms with Gasteiger partial charge in [0.1, 0.15) is 11.1 Å². The maximum atomic E-state index is 12.1. The van der Waals surface area contributed by atoms with Crippen LogP contribution in [0.25, 0.3) is 0 Å². The second-order valence-corrected chi connectivity index (χ2v) is 4.87. The molecule has 0 spiro atoms. The quantitative estimate of drug-likeness (QED) is 0.829. The van der Waals surface area contributed by atoms with Gasteiger partial charge < -0.3 is 19.8 Å². The summed E-state index contributed by atoms with van der Waals surface area (Å²) in [6, 6.07) is 3.30. The average Bonchev–Trinajstić information content (AvgIpc) is 2.75. The Morgan fingerprint density at radius 1 is 1.59 bits per heavy atom. The topological polar surface area (TPSA) is 68.7 Å². The number of halogens is 1. The van der Waals surface area contributed by atoms with Crippen LogP contribution in [0.1, 0.15) is 10.6 Å². The van der Waals surface area contributed by atoms with Crippen molar-refractivity contribution in [3.8, 4) is 0 Å². The Labute approximate surface area is 112 Å². The highest BCUT2D eigenvalue weighted by Crippen LogP contribution is 2.17. The van der Waals surface area contributed by atoms with Crippen molar-refractivity contribution in [2.45, 2.75) is 6.10 Å². The maximum absolute atomic E-state index is 12.1. The molecule has 1 atom stereocenters. The number of carbonyl (C=O) groups is 1. The third kappa shape index (κ3) is 2.85. The summed E-state index contributed by atoms with van der Waals surface area (Å²) in [7, 11) is 0. The lowest BCUT2D eigenvalue weighted by Crippen LogP contribution is -2.49. The minimum atomic E-state index is -0.374. The summed E-state index contributed by atoms with van der Waals surface area (Å²) < 4.78 is 11.1. The average molecular weight is 319 g/mol. The second kappa shape index (κ2) is 5.16. The smallest absolute Gasteiger partial charge is 0.289 e. The summed E-state index contributed by atoms with van der Waals surface area (Å²) in [4.78, 5) is 13.9. The van der Waals surface area contributed by atoms with E-state index in [1.54, 1.807) is 17.0 Å². The summed E-state index contributed by atoms with van der Waals surface area (Å²) in [6.45, 7) is 1.30. The van der Waals surface area contributed by atoms with E-state index in [1.807, 2.05) is 0 Å². The van der Waals surface area contributed by atoms with E-state index in [1.165, 1.54) is 0 Å². The lowest BCUT2D eigenvalue weighted by molar-refractivity contribution is 0.00727. The molecule has 92 valence electrons. The molecule has 17 heavy (non-hydrogen) atoms. The van der Waals surface area contributed by atoms with Crippen molar-refractivity contribution in [3.05, 3.63) is 22.6 Å². The molecule has 1 aromatic rings. The van der Waals surface area contributed by atoms with Crippen molar-refractivity contribution in [1.82, 2.24) is 4.90 Å². The Kier molecular flexibility index (Phi) is 3.80. The van der Waals surface area contributed by atoms with Crippen molar-refractivity contribution < 1.29 is 13.9 Å². The monoisotopic (exact) mass is 318 g/mol. The van der Waals surface area contributed by atoms with Crippen LogP contribution in [0.2, 0.25) is 0 Å². The van der Waals surface area contributed by atoms with Gasteiger partial charge in [-0.2, -0.15) is 0 Å². The van der Waals surface area contributed by atoms with Crippen molar-refractivity contribution in [2.75, 3.05) is 19.7 Å². The van der Waals surface area contributed by atoms with Crippen molar-refractivity contribution >= 4 is 39.0 Å². The minimum absolute atomic E-state index is 0.180. The Morgan fingerprint density at radius 2 is 2.35 bits per heavy atom. The molecule has 7 heteroatoms. The first-order valence-corrected chi connectivity index (χ1v) is 6.23. The molecule has 2 N–H and O–H groups in total. The lowest BCUT2D eigenvalue weighted by Gasteiger charge is -2.31. The van der Waals surface area contributed by atoms with Gasteiger partial charge >= 0.3 is 0 Å². The molecular weight excluding hydrogens is 308 g/mol. The highest BCUT2D eigenvalue weighted by atomic mass is 79.9. The number of amides is 1. The normalized spacial score (nSPS) is 20.3. The molecule has 1 fully saturated rings. The van der Waals surface area contributed by atoms with Crippen molar-refractivity contribution in [2.24, 2.45) is 5.73 Å². The molecule has 1 unspecified atom stereocenters. The SMILES string of the molecule is NC(=S)C1CN(C(=O)c2ccc(Br)o2)CCO1. The molecule has 1 aliphatic rings. The first-order chi connectivity index (χ1) is 8.08. The number of ether oxygens (including phenoxy) is 1. The highest BCUT2D eigenvalue weighted by molar-refractivity contribution is 9.10. The van der Waals surface area contributed by atoms with Crippen LogP contribution in [0.15, 0.2) is 21.2 Å². The van der Waals surface area contributed by atoms with E-state index in [0.717, 1.165) is 0 Å². The van der Waals surface area contributed by atoms with Gasteiger partial charge in [0.25, 0.3) is 5.91 Å². The highest BCUT2D eigenvalue weighted by Gasteiger charge is 2.27. The summed E-state index contributed by atoms with van der Waals surface area (Å²) >= 11 is 8.02. The number of furan rings is 1. The number of carbonyl (C=O) groups excluding carboxylic acids is 1. The lowest BCUT2D eigenvalue weighted by atomic mass is 10.2. The second-order valence-electron chi connectivity index (χ2n) is 3.62. The van der Waals surface area contributed by atoms with Crippen LogP contribution in [0.4, 0.5) is 0 Å². The van der Waals surface area contributed by atoms with Gasteiger partial charge in [0.15, 0.2) is 10.4 Å². The number of hydrogen-bond acceptors (Lipinski definition) is 4.